The highest BCUT2D eigenvalue weighted by Gasteiger charge is 2.54. The molecule has 0 aliphatic carbocycles. The van der Waals surface area contributed by atoms with Crippen molar-refractivity contribution in [3.8, 4) is 68.2 Å². The van der Waals surface area contributed by atoms with Crippen molar-refractivity contribution < 1.29 is 151 Å². The van der Waals surface area contributed by atoms with Crippen LogP contribution in [-0.2, 0) is 82.7 Å². The average Bonchev–Trinajstić information content (AvgIpc) is 0.757. The number of Topliss-reactive ketones (excluding diaryl/α,β-unsaturated/α-hetero) is 2. The van der Waals surface area contributed by atoms with Gasteiger partial charge in [0.2, 0.25) is 47.5 Å². The molecule has 0 saturated carbocycles. The summed E-state index contributed by atoms with van der Waals surface area (Å²) in [4.78, 5) is 170. The number of ether oxygens (including phenoxy) is 8. The summed E-state index contributed by atoms with van der Waals surface area (Å²) in [5.74, 6) is -21.8. The third kappa shape index (κ3) is 22.9. The summed E-state index contributed by atoms with van der Waals surface area (Å²) < 4.78 is 65.3. The minimum Gasteiger partial charge on any atom is -0.508 e. The summed E-state index contributed by atoms with van der Waals surface area (Å²) >= 11 is 20.9. The fourth-order valence-corrected chi connectivity index (χ4v) is 18.9. The van der Waals surface area contributed by atoms with Crippen molar-refractivity contribution in [2.45, 2.75) is 232 Å². The number of amides is 6. The lowest BCUT2D eigenvalue weighted by Crippen LogP contribution is -2.65. The number of nitrogens with zero attached hydrogens (tertiary/aromatic N) is 1. The van der Waals surface area contributed by atoms with Gasteiger partial charge in [0.1, 0.15) is 95.4 Å². The van der Waals surface area contributed by atoms with Gasteiger partial charge in [-0.05, 0) is 152 Å². The maximum atomic E-state index is 16.8. The van der Waals surface area contributed by atoms with Gasteiger partial charge in [-0.3, -0.25) is 42.9 Å². The van der Waals surface area contributed by atoms with Crippen LogP contribution >= 0.6 is 42.4 Å². The highest BCUT2D eigenvalue weighted by molar-refractivity contribution is 7.53. The molecule has 136 heavy (non-hydrogen) atoms. The Labute approximate surface area is 793 Å². The van der Waals surface area contributed by atoms with Crippen molar-refractivity contribution in [3.05, 3.63) is 176 Å². The van der Waals surface area contributed by atoms with E-state index in [2.05, 4.69) is 26.6 Å². The molecule has 43 heteroatoms. The number of likely N-dealkylation sites (N-methyl/N-ethyl adjacent to an activating group) is 1. The molecule has 6 amide bonds. The summed E-state index contributed by atoms with van der Waals surface area (Å²) in [6.45, 7) is 8.60. The minimum absolute atomic E-state index is 0.0182. The first-order chi connectivity index (χ1) is 64.1. The lowest BCUT2D eigenvalue weighted by Gasteiger charge is -2.48. The maximum Gasteiger partial charge on any atom is 0.335 e. The first kappa shape index (κ1) is 103. The van der Waals surface area contributed by atoms with E-state index in [0.717, 1.165) is 95.4 Å². The molecule has 0 aromatic heterocycles. The van der Waals surface area contributed by atoms with E-state index < -0.39 is 322 Å². The van der Waals surface area contributed by atoms with Gasteiger partial charge in [-0.1, -0.05) is 103 Å². The Bertz CT molecular complexity index is 5760. The van der Waals surface area contributed by atoms with E-state index >= 15 is 28.8 Å². The summed E-state index contributed by atoms with van der Waals surface area (Å²) in [7, 11) is -3.92. The minimum atomic E-state index is -5.08. The Morgan fingerprint density at radius 1 is 0.691 bits per heavy atom. The third-order valence-electron chi connectivity index (χ3n) is 25.3. The number of nitrogens with one attached hydrogen (secondary N) is 5. The molecule has 7 aromatic carbocycles. The van der Waals surface area contributed by atoms with Crippen molar-refractivity contribution in [2.75, 3.05) is 13.7 Å². The van der Waals surface area contributed by atoms with E-state index in [1.165, 1.54) is 26.0 Å². The Balaban J connectivity index is 1.01. The number of carboxylic acid groups (broad SMARTS) is 1. The number of phenolic OH excluding ortho intramolecular Hbond substituents is 3. The number of primary amides is 1. The van der Waals surface area contributed by atoms with E-state index in [1.54, 1.807) is 39.8 Å². The van der Waals surface area contributed by atoms with Crippen LogP contribution in [0.15, 0.2) is 127 Å². The number of aldehydes is 1. The van der Waals surface area contributed by atoms with E-state index in [1.807, 2.05) is 36.4 Å². The number of phenols is 3. The van der Waals surface area contributed by atoms with Crippen LogP contribution in [0.25, 0.3) is 22.3 Å². The highest BCUT2D eigenvalue weighted by atomic mass is 35.5. The zero-order valence-corrected chi connectivity index (χ0v) is 77.4. The van der Waals surface area contributed by atoms with Crippen molar-refractivity contribution >= 4 is 102 Å². The Hall–Kier alpha value is -10.9. The van der Waals surface area contributed by atoms with Crippen LogP contribution in [0.4, 0.5) is 0 Å². The largest absolute Gasteiger partial charge is 0.508 e. The molecular formula is C93H106Cl3N8O31P. The van der Waals surface area contributed by atoms with Crippen molar-refractivity contribution in [1.29, 1.82) is 0 Å². The molecule has 8 aliphatic heterocycles. The standard InChI is InChI=1S/C93H106Cl3N8O31P/c1-40(2)24-59(104(7)70(113)23-19-53(38-105)136(125,126)127)88(121)102-76-62(110)28-50(31-69(97)112)86(119)100-74-49-29-66(130-64-21-15-47(78(76)114)26-57(64)95)82(135-91-83(80(116)79(115)68(39-106)132-91)134-72-36-93(6,85(118)42(4)129-72)99-37-43-8-10-44(11-9-43)45-12-17-51(94)18-13-45)67(30-49)131-65-22-16-48(27-58(65)96)81(133-71-35-92(5,98)84(117)41(3)128-71)77-89(122)101-75(90(123)124)56-32-52(107)33-61(109)73(56)55-25-46(14-20-60(55)108)54(34-63(74)111)87(120)103-77/h8-18,20-22,25-27,29-30,32-33,38,40-42,50,53-54,59,68,71-72,74-81,83-85,91,99,106-109,114-118H,19,23-24,28,31,34-37,39,98H2,1-7H3,(H2,97,112)(H,100,119)(H,101,122)(H,102,121)(H,103,120)(H,123,124)(H2,125,126,127)/t41?,42?,50?,53?,54?,59?,68?,71-,72?,74?,75?,76?,77-,78?,79?,80?,81+,83?,84?,85?,91?,92?,93?/m1/s1. The number of aliphatic hydroxyl groups excluding tert-OH is 6. The molecule has 15 rings (SSSR count). The number of carboxylic acids is 1. The lowest BCUT2D eigenvalue weighted by atomic mass is 9.84. The van der Waals surface area contributed by atoms with Crippen LogP contribution in [0.3, 0.4) is 0 Å². The molecule has 23 atom stereocenters. The number of nitrogens with two attached hydrogens (primary N) is 2. The summed E-state index contributed by atoms with van der Waals surface area (Å²) in [6, 6.07) is 17.9. The van der Waals surface area contributed by atoms with Gasteiger partial charge >= 0.3 is 13.6 Å². The lowest BCUT2D eigenvalue weighted by molar-refractivity contribution is -0.334. The molecule has 0 spiro atoms. The van der Waals surface area contributed by atoms with Crippen molar-refractivity contribution in [2.24, 2.45) is 23.3 Å². The number of carbonyl (C=O) groups excluding carboxylic acids is 9. The Morgan fingerprint density at radius 3 is 1.90 bits per heavy atom. The normalized spacial score (nSPS) is 28.7. The van der Waals surface area contributed by atoms with Gasteiger partial charge in [-0.25, -0.2) is 4.79 Å². The molecule has 21 N–H and O–H groups in total. The topological polar surface area (TPSA) is 620 Å². The number of aromatic hydroxyl groups is 3. The Kier molecular flexibility index (Phi) is 31.8. The molecule has 20 unspecified atom stereocenters. The molecule has 8 heterocycles. The monoisotopic (exact) mass is 1970 g/mol. The number of aliphatic hydroxyl groups is 6. The summed E-state index contributed by atoms with van der Waals surface area (Å²) in [6.07, 6.45) is -27.7. The van der Waals surface area contributed by atoms with E-state index in [-0.39, 0.29) is 48.8 Å². The molecule has 39 nitrogen and oxygen atoms in total. The van der Waals surface area contributed by atoms with Gasteiger partial charge in [0, 0.05) is 91.0 Å². The third-order valence-corrected chi connectivity index (χ3v) is 27.3. The van der Waals surface area contributed by atoms with Gasteiger partial charge in [-0.15, -0.1) is 0 Å². The second-order valence-electron chi connectivity index (χ2n) is 35.8. The van der Waals surface area contributed by atoms with E-state index in [0.29, 0.717) is 5.02 Å². The first-order valence-electron chi connectivity index (χ1n) is 43.5. The quantitative estimate of drug-likeness (QED) is 0.0235. The second-order valence-corrected chi connectivity index (χ2v) is 38.9. The zero-order valence-electron chi connectivity index (χ0n) is 74.3. The van der Waals surface area contributed by atoms with Gasteiger partial charge in [0.25, 0.3) is 0 Å². The van der Waals surface area contributed by atoms with Crippen LogP contribution in [0.1, 0.15) is 156 Å². The van der Waals surface area contributed by atoms with Crippen LogP contribution in [0.2, 0.25) is 15.1 Å². The fourth-order valence-electron chi connectivity index (χ4n) is 17.7. The smallest absolute Gasteiger partial charge is 0.335 e. The zero-order chi connectivity index (χ0) is 98.9. The predicted octanol–water partition coefficient (Wildman–Crippen LogP) is 6.24. The predicted molar refractivity (Wildman–Crippen MR) is 483 cm³/mol. The number of carbonyl (C=O) groups is 10. The first-order valence-corrected chi connectivity index (χ1v) is 46.3. The second kappa shape index (κ2) is 42.2. The molecule has 11 bridgehead atoms. The number of aliphatic carboxylic acids is 1. The van der Waals surface area contributed by atoms with Crippen molar-refractivity contribution in [3.63, 3.8) is 0 Å². The number of hydrogen-bond acceptors (Lipinski definition) is 30. The SMILES string of the molecule is CC(C)CC(C(=O)NC1C(=O)CC(CC(N)=O)C(=O)NC2C(=O)CC3C(=O)N[C@@H](C(=O)NC(C(=O)O)c4cc(O)cc(O)c4-c4cc3ccc4O)[C@@H](O[C@@H]3CC(C)(N)C(O)C(C)O3)c3ccc(c(Cl)c3)Oc3cc2cc(c3OC2OC(CO)C(O)C(O)C2OC2CC(C)(NCc3ccc(-c4ccc(Cl)cc4)cc3)C(O)C(C)O2)Oc2ccc(cc2Cl)C1O)N(C)C(=O)CCC(C=O)P(=O)(O)O. The highest BCUT2D eigenvalue weighted by Crippen LogP contribution is 2.52. The van der Waals surface area contributed by atoms with Gasteiger partial charge in [0.15, 0.2) is 47.8 Å². The van der Waals surface area contributed by atoms with E-state index in [4.69, 9.17) is 84.2 Å². The number of hydrogen-bond donors (Lipinski definition) is 19. The maximum absolute atomic E-state index is 16.8. The number of benzene rings is 7. The number of fused-ring (bicyclic) bond motifs is 15. The molecule has 3 fully saturated rings. The van der Waals surface area contributed by atoms with Crippen LogP contribution < -0.4 is 52.3 Å². The van der Waals surface area contributed by atoms with Gasteiger partial charge in [-0.2, -0.15) is 0 Å². The van der Waals surface area contributed by atoms with Crippen LogP contribution in [-0.4, -0.2) is 241 Å². The van der Waals surface area contributed by atoms with Crippen LogP contribution in [0, 0.1) is 11.8 Å². The molecule has 730 valence electrons. The van der Waals surface area contributed by atoms with Crippen LogP contribution in [0.5, 0.6) is 46.0 Å². The molecule has 0 radical (unpaired) electrons. The fraction of sp³-hybridized carbons (Fsp3) is 0.441. The molecule has 8 aliphatic rings. The summed E-state index contributed by atoms with van der Waals surface area (Å²) in [5.41, 5.74) is 7.60. The van der Waals surface area contributed by atoms with Crippen molar-refractivity contribution in [1.82, 2.24) is 31.5 Å². The van der Waals surface area contributed by atoms with Gasteiger partial charge in [0.05, 0.1) is 52.9 Å². The average molecular weight is 1970 g/mol. The van der Waals surface area contributed by atoms with E-state index in [9.17, 15) is 84.6 Å². The molecule has 3 saturated heterocycles. The number of ketones is 2. The Morgan fingerprint density at radius 2 is 1.30 bits per heavy atom. The number of rotatable bonds is 24. The number of halogens is 3. The summed E-state index contributed by atoms with van der Waals surface area (Å²) in [5, 5.41) is 131. The molecule has 7 aromatic rings. The van der Waals surface area contributed by atoms with Gasteiger partial charge < -0.3 is 146 Å². The molecular weight excluding hydrogens is 1860 g/mol.